The molecule has 1 aromatic heterocycles. The van der Waals surface area contributed by atoms with Crippen LogP contribution in [-0.4, -0.2) is 31.7 Å². The van der Waals surface area contributed by atoms with Gasteiger partial charge in [0.05, 0.1) is 14.2 Å². The normalized spacial score (nSPS) is 10.7. The van der Waals surface area contributed by atoms with Crippen LogP contribution in [0.5, 0.6) is 5.75 Å². The van der Waals surface area contributed by atoms with Gasteiger partial charge in [0, 0.05) is 29.4 Å². The minimum atomic E-state index is -0.504. The molecule has 0 saturated heterocycles. The number of ether oxygens (including phenoxy) is 2. The number of nitrogens with one attached hydrogen (secondary N) is 1. The highest BCUT2D eigenvalue weighted by atomic mass is 19.1. The molecule has 0 aliphatic rings. The SMILES string of the molecule is C=C(NCCC)c1cc(C(=O)OC)c(OC)c2ncc(Cc3ccc(F)cc3)cc12. The van der Waals surface area contributed by atoms with Crippen molar-refractivity contribution in [2.45, 2.75) is 19.8 Å². The molecular weight excluding hydrogens is 383 g/mol. The third-order valence-corrected chi connectivity index (χ3v) is 4.83. The quantitative estimate of drug-likeness (QED) is 0.546. The zero-order valence-electron chi connectivity index (χ0n) is 17.4. The maximum absolute atomic E-state index is 13.2. The van der Waals surface area contributed by atoms with Crippen LogP contribution in [0, 0.1) is 5.82 Å². The molecule has 3 aromatic rings. The van der Waals surface area contributed by atoms with Crippen LogP contribution in [0.3, 0.4) is 0 Å². The Morgan fingerprint density at radius 3 is 2.50 bits per heavy atom. The first-order valence-corrected chi connectivity index (χ1v) is 9.74. The summed E-state index contributed by atoms with van der Waals surface area (Å²) in [6, 6.07) is 10.1. The smallest absolute Gasteiger partial charge is 0.341 e. The van der Waals surface area contributed by atoms with Crippen molar-refractivity contribution in [3.8, 4) is 5.75 Å². The number of hydrogen-bond acceptors (Lipinski definition) is 5. The lowest BCUT2D eigenvalue weighted by Gasteiger charge is -2.17. The summed E-state index contributed by atoms with van der Waals surface area (Å²) in [4.78, 5) is 16.9. The number of hydrogen-bond donors (Lipinski definition) is 1. The largest absolute Gasteiger partial charge is 0.494 e. The average Bonchev–Trinajstić information content (AvgIpc) is 2.77. The summed E-state index contributed by atoms with van der Waals surface area (Å²) >= 11 is 0. The number of carbonyl (C=O) groups excluding carboxylic acids is 1. The van der Waals surface area contributed by atoms with Crippen LogP contribution in [0.25, 0.3) is 16.6 Å². The van der Waals surface area contributed by atoms with Crippen molar-refractivity contribution in [3.05, 3.63) is 77.2 Å². The van der Waals surface area contributed by atoms with Gasteiger partial charge < -0.3 is 14.8 Å². The second-order valence-corrected chi connectivity index (χ2v) is 6.94. The Bertz CT molecular complexity index is 1080. The molecule has 1 N–H and O–H groups in total. The number of aromatic nitrogens is 1. The number of carbonyl (C=O) groups is 1. The van der Waals surface area contributed by atoms with E-state index in [0.29, 0.717) is 28.9 Å². The van der Waals surface area contributed by atoms with Crippen LogP contribution < -0.4 is 10.1 Å². The van der Waals surface area contributed by atoms with E-state index in [9.17, 15) is 9.18 Å². The van der Waals surface area contributed by atoms with Crippen LogP contribution >= 0.6 is 0 Å². The van der Waals surface area contributed by atoms with Gasteiger partial charge in [-0.25, -0.2) is 9.18 Å². The fourth-order valence-corrected chi connectivity index (χ4v) is 3.33. The van der Waals surface area contributed by atoms with Gasteiger partial charge in [-0.1, -0.05) is 25.6 Å². The van der Waals surface area contributed by atoms with Gasteiger partial charge in [0.1, 0.15) is 16.9 Å². The molecule has 0 unspecified atom stereocenters. The molecule has 0 aliphatic heterocycles. The van der Waals surface area contributed by atoms with E-state index in [4.69, 9.17) is 9.47 Å². The van der Waals surface area contributed by atoms with Gasteiger partial charge in [0.2, 0.25) is 0 Å². The Hall–Kier alpha value is -3.41. The van der Waals surface area contributed by atoms with E-state index < -0.39 is 5.97 Å². The number of rotatable bonds is 8. The summed E-state index contributed by atoms with van der Waals surface area (Å²) in [5, 5.41) is 4.09. The van der Waals surface area contributed by atoms with Gasteiger partial charge >= 0.3 is 5.97 Å². The van der Waals surface area contributed by atoms with Gasteiger partial charge in [-0.2, -0.15) is 0 Å². The molecule has 3 rings (SSSR count). The average molecular weight is 408 g/mol. The summed E-state index contributed by atoms with van der Waals surface area (Å²) < 4.78 is 23.7. The van der Waals surface area contributed by atoms with Gasteiger partial charge in [-0.05, 0) is 48.2 Å². The Labute approximate surface area is 175 Å². The first-order chi connectivity index (χ1) is 14.5. The van der Waals surface area contributed by atoms with Crippen LogP contribution in [0.15, 0.2) is 49.2 Å². The van der Waals surface area contributed by atoms with Crippen molar-refractivity contribution in [2.75, 3.05) is 20.8 Å². The third-order valence-electron chi connectivity index (χ3n) is 4.83. The first-order valence-electron chi connectivity index (χ1n) is 9.74. The number of pyridine rings is 1. The van der Waals surface area contributed by atoms with E-state index in [-0.39, 0.29) is 5.82 Å². The third kappa shape index (κ3) is 4.43. The Balaban J connectivity index is 2.15. The Morgan fingerprint density at radius 1 is 1.13 bits per heavy atom. The summed E-state index contributed by atoms with van der Waals surface area (Å²) in [6.45, 7) is 6.96. The molecule has 6 heteroatoms. The molecule has 0 atom stereocenters. The van der Waals surface area contributed by atoms with Gasteiger partial charge in [0.15, 0.2) is 5.75 Å². The lowest BCUT2D eigenvalue weighted by molar-refractivity contribution is 0.0597. The molecule has 0 fully saturated rings. The van der Waals surface area contributed by atoms with Crippen LogP contribution in [-0.2, 0) is 11.2 Å². The van der Waals surface area contributed by atoms with Crippen LogP contribution in [0.1, 0.15) is 40.4 Å². The molecule has 0 bridgehead atoms. The summed E-state index contributed by atoms with van der Waals surface area (Å²) in [5.41, 5.74) is 4.22. The fourth-order valence-electron chi connectivity index (χ4n) is 3.33. The van der Waals surface area contributed by atoms with Crippen molar-refractivity contribution in [1.82, 2.24) is 10.3 Å². The maximum atomic E-state index is 13.2. The second-order valence-electron chi connectivity index (χ2n) is 6.94. The van der Waals surface area contributed by atoms with E-state index in [1.54, 1.807) is 24.4 Å². The lowest BCUT2D eigenvalue weighted by atomic mass is 9.97. The highest BCUT2D eigenvalue weighted by Gasteiger charge is 2.21. The molecule has 0 spiro atoms. The maximum Gasteiger partial charge on any atom is 0.341 e. The van der Waals surface area contributed by atoms with Crippen molar-refractivity contribution < 1.29 is 18.7 Å². The highest BCUT2D eigenvalue weighted by molar-refractivity contribution is 6.04. The van der Waals surface area contributed by atoms with Crippen molar-refractivity contribution >= 4 is 22.6 Å². The number of fused-ring (bicyclic) bond motifs is 1. The number of benzene rings is 2. The molecule has 1 heterocycles. The molecular formula is C24H25FN2O3. The minimum Gasteiger partial charge on any atom is -0.494 e. The molecule has 0 saturated carbocycles. The molecule has 156 valence electrons. The first kappa shape index (κ1) is 21.3. The van der Waals surface area contributed by atoms with E-state index >= 15 is 0 Å². The lowest BCUT2D eigenvalue weighted by Crippen LogP contribution is -2.14. The molecule has 0 amide bonds. The fraction of sp³-hybridized carbons (Fsp3) is 0.250. The van der Waals surface area contributed by atoms with Gasteiger partial charge in [-0.15, -0.1) is 0 Å². The number of halogens is 1. The molecule has 0 radical (unpaired) electrons. The monoisotopic (exact) mass is 408 g/mol. The zero-order valence-corrected chi connectivity index (χ0v) is 17.4. The van der Waals surface area contributed by atoms with Crippen LogP contribution in [0.4, 0.5) is 4.39 Å². The summed E-state index contributed by atoms with van der Waals surface area (Å²) in [6.07, 6.45) is 3.27. The molecule has 5 nitrogen and oxygen atoms in total. The van der Waals surface area contributed by atoms with Crippen molar-refractivity contribution in [3.63, 3.8) is 0 Å². The molecule has 30 heavy (non-hydrogen) atoms. The topological polar surface area (TPSA) is 60.5 Å². The summed E-state index contributed by atoms with van der Waals surface area (Å²) in [5.74, 6) is -0.413. The predicted molar refractivity (Wildman–Crippen MR) is 116 cm³/mol. The van der Waals surface area contributed by atoms with Gasteiger partial charge in [0.25, 0.3) is 0 Å². The predicted octanol–water partition coefficient (Wildman–Crippen LogP) is 4.73. The minimum absolute atomic E-state index is 0.268. The van der Waals surface area contributed by atoms with Crippen molar-refractivity contribution in [2.24, 2.45) is 0 Å². The van der Waals surface area contributed by atoms with E-state index in [1.807, 2.05) is 6.07 Å². The van der Waals surface area contributed by atoms with Gasteiger partial charge in [-0.3, -0.25) is 4.98 Å². The van der Waals surface area contributed by atoms with Crippen molar-refractivity contribution in [1.29, 1.82) is 0 Å². The highest BCUT2D eigenvalue weighted by Crippen LogP contribution is 2.34. The second kappa shape index (κ2) is 9.39. The van der Waals surface area contributed by atoms with E-state index in [1.165, 1.54) is 26.4 Å². The zero-order chi connectivity index (χ0) is 21.7. The summed E-state index contributed by atoms with van der Waals surface area (Å²) in [7, 11) is 2.83. The Kier molecular flexibility index (Phi) is 6.67. The van der Waals surface area contributed by atoms with E-state index in [0.717, 1.165) is 35.0 Å². The standard InChI is InChI=1S/C24H25FN2O3/c1-5-10-26-15(2)19-13-21(24(28)30-4)23(29-3)22-20(19)12-17(14-27-22)11-16-6-8-18(25)9-7-16/h6-9,12-14,26H,2,5,10-11H2,1,3-4H3. The van der Waals surface area contributed by atoms with E-state index in [2.05, 4.69) is 23.8 Å². The molecule has 0 aliphatic carbocycles. The number of esters is 1. The number of nitrogens with zero attached hydrogens (tertiary/aromatic N) is 1. The van der Waals surface area contributed by atoms with Crippen LogP contribution in [0.2, 0.25) is 0 Å². The Morgan fingerprint density at radius 2 is 1.87 bits per heavy atom. The molecule has 2 aromatic carbocycles. The number of methoxy groups -OCH3 is 2.